The van der Waals surface area contributed by atoms with E-state index in [-0.39, 0.29) is 17.4 Å². The molecule has 0 spiro atoms. The summed E-state index contributed by atoms with van der Waals surface area (Å²) < 4.78 is 0. The zero-order valence-corrected chi connectivity index (χ0v) is 16.8. The van der Waals surface area contributed by atoms with Crippen LogP contribution in [0.1, 0.15) is 54.8 Å². The molecule has 5 heteroatoms. The van der Waals surface area contributed by atoms with Gasteiger partial charge in [-0.1, -0.05) is 6.92 Å². The third-order valence-corrected chi connectivity index (χ3v) is 4.79. The first-order valence-corrected chi connectivity index (χ1v) is 9.31. The van der Waals surface area contributed by atoms with E-state index in [1.54, 1.807) is 24.3 Å². The molecule has 2 aromatic rings. The van der Waals surface area contributed by atoms with Gasteiger partial charge in [-0.15, -0.1) is 0 Å². The molecule has 0 radical (unpaired) electrons. The first-order valence-electron chi connectivity index (χ1n) is 9.31. The Hall–Kier alpha value is -2.82. The Morgan fingerprint density at radius 3 is 1.93 bits per heavy atom. The highest BCUT2D eigenvalue weighted by Gasteiger charge is 2.18. The highest BCUT2D eigenvalue weighted by molar-refractivity contribution is 6.04. The van der Waals surface area contributed by atoms with Crippen LogP contribution in [-0.2, 0) is 0 Å². The van der Waals surface area contributed by atoms with Crippen molar-refractivity contribution in [1.29, 1.82) is 0 Å². The molecule has 0 saturated heterocycles. The molecule has 0 heterocycles. The summed E-state index contributed by atoms with van der Waals surface area (Å²) in [5.41, 5.74) is 2.64. The number of hydrogen-bond donors (Lipinski definition) is 2. The van der Waals surface area contributed by atoms with Gasteiger partial charge >= 0.3 is 0 Å². The molecule has 0 saturated carbocycles. The van der Waals surface area contributed by atoms with Crippen molar-refractivity contribution in [2.24, 2.45) is 0 Å². The van der Waals surface area contributed by atoms with Gasteiger partial charge in [-0.25, -0.2) is 0 Å². The first kappa shape index (κ1) is 20.5. The van der Waals surface area contributed by atoms with Crippen LogP contribution in [0, 0.1) is 0 Å². The lowest BCUT2D eigenvalue weighted by molar-refractivity contribution is 0.0911. The number of benzene rings is 2. The van der Waals surface area contributed by atoms with Gasteiger partial charge in [0.25, 0.3) is 11.8 Å². The van der Waals surface area contributed by atoms with Crippen LogP contribution in [-0.4, -0.2) is 30.9 Å². The van der Waals surface area contributed by atoms with E-state index in [0.717, 1.165) is 18.7 Å². The van der Waals surface area contributed by atoms with Gasteiger partial charge in [-0.05, 0) is 75.7 Å². The second-order valence-corrected chi connectivity index (χ2v) is 7.28. The Bertz CT molecular complexity index is 780. The molecule has 5 nitrogen and oxygen atoms in total. The van der Waals surface area contributed by atoms with E-state index in [2.05, 4.69) is 22.5 Å². The van der Waals surface area contributed by atoms with Crippen molar-refractivity contribution in [2.45, 2.75) is 39.7 Å². The molecular formula is C22H29N3O2. The van der Waals surface area contributed by atoms with Crippen molar-refractivity contribution in [3.63, 3.8) is 0 Å². The standard InChI is InChI=1S/C22H29N3O2/c1-6-22(3,4)24-21(27)17-8-12-18(13-9-17)23-20(26)16-10-14-19(15-11-16)25(5)7-2/h8-15H,6-7H2,1-5H3,(H,23,26)(H,24,27). The summed E-state index contributed by atoms with van der Waals surface area (Å²) in [5, 5.41) is 5.86. The molecule has 2 aromatic carbocycles. The van der Waals surface area contributed by atoms with Gasteiger partial charge in [0, 0.05) is 41.6 Å². The van der Waals surface area contributed by atoms with E-state index in [0.29, 0.717) is 16.8 Å². The van der Waals surface area contributed by atoms with E-state index in [1.165, 1.54) is 0 Å². The summed E-state index contributed by atoms with van der Waals surface area (Å²) in [6, 6.07) is 14.4. The van der Waals surface area contributed by atoms with Crippen molar-refractivity contribution in [2.75, 3.05) is 23.8 Å². The molecule has 2 amide bonds. The molecular weight excluding hydrogens is 338 g/mol. The molecule has 0 aliphatic rings. The van der Waals surface area contributed by atoms with Crippen LogP contribution in [0.3, 0.4) is 0 Å². The lowest BCUT2D eigenvalue weighted by atomic mass is 10.0. The largest absolute Gasteiger partial charge is 0.375 e. The van der Waals surface area contributed by atoms with Gasteiger partial charge in [0.1, 0.15) is 0 Å². The maximum atomic E-state index is 12.4. The zero-order chi connectivity index (χ0) is 20.0. The normalized spacial score (nSPS) is 11.0. The van der Waals surface area contributed by atoms with Gasteiger partial charge in [0.05, 0.1) is 0 Å². The third kappa shape index (κ3) is 5.58. The number of carbonyl (C=O) groups is 2. The lowest BCUT2D eigenvalue weighted by Gasteiger charge is -2.24. The number of nitrogens with one attached hydrogen (secondary N) is 2. The second-order valence-electron chi connectivity index (χ2n) is 7.28. The average molecular weight is 367 g/mol. The Kier molecular flexibility index (Phi) is 6.61. The topological polar surface area (TPSA) is 61.4 Å². The maximum absolute atomic E-state index is 12.4. The molecule has 0 unspecified atom stereocenters. The number of rotatable bonds is 7. The number of hydrogen-bond acceptors (Lipinski definition) is 3. The molecule has 2 rings (SSSR count). The van der Waals surface area contributed by atoms with Gasteiger partial charge in [-0.2, -0.15) is 0 Å². The van der Waals surface area contributed by atoms with Crippen LogP contribution in [0.15, 0.2) is 48.5 Å². The van der Waals surface area contributed by atoms with E-state index >= 15 is 0 Å². The fourth-order valence-electron chi connectivity index (χ4n) is 2.43. The number of nitrogens with zero attached hydrogens (tertiary/aromatic N) is 1. The Morgan fingerprint density at radius 1 is 0.889 bits per heavy atom. The summed E-state index contributed by atoms with van der Waals surface area (Å²) in [6.45, 7) is 8.99. The van der Waals surface area contributed by atoms with Crippen LogP contribution in [0.25, 0.3) is 0 Å². The van der Waals surface area contributed by atoms with Crippen molar-refractivity contribution >= 4 is 23.2 Å². The quantitative estimate of drug-likeness (QED) is 0.766. The summed E-state index contributed by atoms with van der Waals surface area (Å²) >= 11 is 0. The molecule has 0 aromatic heterocycles. The molecule has 0 atom stereocenters. The summed E-state index contributed by atoms with van der Waals surface area (Å²) in [6.07, 6.45) is 0.847. The highest BCUT2D eigenvalue weighted by atomic mass is 16.2. The average Bonchev–Trinajstić information content (AvgIpc) is 2.67. The van der Waals surface area contributed by atoms with E-state index < -0.39 is 0 Å². The summed E-state index contributed by atoms with van der Waals surface area (Å²) in [4.78, 5) is 26.8. The lowest BCUT2D eigenvalue weighted by Crippen LogP contribution is -2.42. The minimum atomic E-state index is -0.248. The van der Waals surface area contributed by atoms with Crippen molar-refractivity contribution in [3.8, 4) is 0 Å². The van der Waals surface area contributed by atoms with Crippen molar-refractivity contribution in [1.82, 2.24) is 5.32 Å². The molecule has 27 heavy (non-hydrogen) atoms. The van der Waals surface area contributed by atoms with Crippen LogP contribution in [0.5, 0.6) is 0 Å². The minimum Gasteiger partial charge on any atom is -0.375 e. The predicted octanol–water partition coefficient (Wildman–Crippen LogP) is 4.31. The maximum Gasteiger partial charge on any atom is 0.255 e. The summed E-state index contributed by atoms with van der Waals surface area (Å²) in [5.74, 6) is -0.291. The van der Waals surface area contributed by atoms with Gasteiger partial charge in [0.2, 0.25) is 0 Å². The molecule has 0 bridgehead atoms. The third-order valence-electron chi connectivity index (χ3n) is 4.79. The number of anilines is 2. The van der Waals surface area contributed by atoms with Crippen molar-refractivity contribution < 1.29 is 9.59 Å². The van der Waals surface area contributed by atoms with Gasteiger partial charge in [-0.3, -0.25) is 9.59 Å². The molecule has 0 aliphatic carbocycles. The Morgan fingerprint density at radius 2 is 1.41 bits per heavy atom. The Balaban J connectivity index is 2.01. The van der Waals surface area contributed by atoms with Crippen LogP contribution in [0.2, 0.25) is 0 Å². The fourth-order valence-corrected chi connectivity index (χ4v) is 2.43. The molecule has 0 fully saturated rings. The smallest absolute Gasteiger partial charge is 0.255 e. The van der Waals surface area contributed by atoms with Crippen LogP contribution >= 0.6 is 0 Å². The monoisotopic (exact) mass is 367 g/mol. The number of carbonyl (C=O) groups excluding carboxylic acids is 2. The van der Waals surface area contributed by atoms with E-state index in [1.807, 2.05) is 52.1 Å². The van der Waals surface area contributed by atoms with Crippen molar-refractivity contribution in [3.05, 3.63) is 59.7 Å². The first-order chi connectivity index (χ1) is 12.8. The second kappa shape index (κ2) is 8.71. The van der Waals surface area contributed by atoms with E-state index in [9.17, 15) is 9.59 Å². The van der Waals surface area contributed by atoms with Crippen LogP contribution < -0.4 is 15.5 Å². The summed E-state index contributed by atoms with van der Waals surface area (Å²) in [7, 11) is 2.01. The Labute approximate surface area is 161 Å². The zero-order valence-electron chi connectivity index (χ0n) is 16.8. The predicted molar refractivity (Wildman–Crippen MR) is 112 cm³/mol. The highest BCUT2D eigenvalue weighted by Crippen LogP contribution is 2.16. The molecule has 144 valence electrons. The van der Waals surface area contributed by atoms with Gasteiger partial charge < -0.3 is 15.5 Å². The van der Waals surface area contributed by atoms with Gasteiger partial charge in [0.15, 0.2) is 0 Å². The van der Waals surface area contributed by atoms with E-state index in [4.69, 9.17) is 0 Å². The van der Waals surface area contributed by atoms with Crippen LogP contribution in [0.4, 0.5) is 11.4 Å². The fraction of sp³-hybridized carbons (Fsp3) is 0.364. The molecule has 0 aliphatic heterocycles. The molecule has 2 N–H and O–H groups in total. The minimum absolute atomic E-state index is 0.115. The number of amides is 2. The SMILES string of the molecule is CCN(C)c1ccc(C(=O)Nc2ccc(C(=O)NC(C)(C)CC)cc2)cc1.